The summed E-state index contributed by atoms with van der Waals surface area (Å²) in [6.45, 7) is 0.327. The summed E-state index contributed by atoms with van der Waals surface area (Å²) in [7, 11) is -3.88. The lowest BCUT2D eigenvalue weighted by atomic mass is 9.95. The lowest BCUT2D eigenvalue weighted by Gasteiger charge is -2.21. The Hall–Kier alpha value is -3.28. The van der Waals surface area contributed by atoms with E-state index in [1.54, 1.807) is 6.07 Å². The molecule has 0 radical (unpaired) electrons. The maximum absolute atomic E-state index is 12.7. The number of hydrogen-bond acceptors (Lipinski definition) is 8. The molecular weight excluding hydrogens is 474 g/mol. The molecule has 9 nitrogen and oxygen atoms in total. The first kappa shape index (κ1) is 21.3. The molecule has 0 aliphatic carbocycles. The van der Waals surface area contributed by atoms with Crippen molar-refractivity contribution in [2.24, 2.45) is 0 Å². The molecule has 2 aromatic heterocycles. The number of nitrogens with zero attached hydrogens (tertiary/aromatic N) is 3. The lowest BCUT2D eigenvalue weighted by Crippen LogP contribution is -2.31. The number of rotatable bonds is 6. The summed E-state index contributed by atoms with van der Waals surface area (Å²) in [6.07, 6.45) is 6.98. The predicted molar refractivity (Wildman–Crippen MR) is 129 cm³/mol. The number of aromatic nitrogens is 3. The summed E-state index contributed by atoms with van der Waals surface area (Å²) < 4.78 is 38.4. The fraction of sp³-hybridized carbons (Fsp3) is 0.261. The molecule has 2 aliphatic rings. The number of benzene rings is 2. The highest BCUT2D eigenvalue weighted by Crippen LogP contribution is 2.32. The van der Waals surface area contributed by atoms with E-state index in [-0.39, 0.29) is 15.6 Å². The van der Waals surface area contributed by atoms with Crippen LogP contribution in [-0.4, -0.2) is 34.4 Å². The van der Waals surface area contributed by atoms with Crippen molar-refractivity contribution in [1.29, 1.82) is 0 Å². The molecule has 6 rings (SSSR count). The van der Waals surface area contributed by atoms with Crippen LogP contribution in [0.15, 0.2) is 69.0 Å². The van der Waals surface area contributed by atoms with Gasteiger partial charge in [-0.05, 0) is 54.2 Å². The van der Waals surface area contributed by atoms with E-state index < -0.39 is 15.8 Å². The Balaban J connectivity index is 1.29. The number of sulfonamides is 1. The largest absolute Gasteiger partial charge is 0.420 e. The van der Waals surface area contributed by atoms with Crippen LogP contribution in [0.25, 0.3) is 16.7 Å². The van der Waals surface area contributed by atoms with Crippen LogP contribution in [0, 0.1) is 0 Å². The Bertz CT molecular complexity index is 1570. The van der Waals surface area contributed by atoms with E-state index in [0.29, 0.717) is 24.1 Å². The van der Waals surface area contributed by atoms with Crippen molar-refractivity contribution in [3.63, 3.8) is 0 Å². The van der Waals surface area contributed by atoms with Gasteiger partial charge in [0.05, 0.1) is 17.0 Å². The molecule has 4 aromatic rings. The topological polar surface area (TPSA) is 119 Å². The average molecular weight is 496 g/mol. The van der Waals surface area contributed by atoms with E-state index in [4.69, 9.17) is 4.42 Å². The SMILES string of the molecule is O=c1oc2cc(S(=O)(=O)Nc3ncns3)ccc2n1Cc1cccc(C2=CC3CCC(C2)N3)c1. The molecule has 174 valence electrons. The van der Waals surface area contributed by atoms with Gasteiger partial charge in [-0.1, -0.05) is 24.3 Å². The van der Waals surface area contributed by atoms with Crippen LogP contribution < -0.4 is 15.8 Å². The van der Waals surface area contributed by atoms with Crippen molar-refractivity contribution in [2.45, 2.75) is 42.8 Å². The van der Waals surface area contributed by atoms with Gasteiger partial charge in [-0.2, -0.15) is 4.37 Å². The molecule has 4 heterocycles. The Morgan fingerprint density at radius 1 is 1.21 bits per heavy atom. The summed E-state index contributed by atoms with van der Waals surface area (Å²) >= 11 is 0.934. The first-order valence-electron chi connectivity index (χ1n) is 10.9. The second-order valence-corrected chi connectivity index (χ2v) is 11.0. The molecule has 2 aliphatic heterocycles. The highest BCUT2D eigenvalue weighted by molar-refractivity contribution is 7.93. The monoisotopic (exact) mass is 495 g/mol. The minimum atomic E-state index is -3.88. The predicted octanol–water partition coefficient (Wildman–Crippen LogP) is 3.20. The molecule has 11 heteroatoms. The first-order valence-corrected chi connectivity index (χ1v) is 13.2. The number of nitrogens with one attached hydrogen (secondary N) is 2. The highest BCUT2D eigenvalue weighted by Gasteiger charge is 2.28. The van der Waals surface area contributed by atoms with E-state index >= 15 is 0 Å². The van der Waals surface area contributed by atoms with Crippen LogP contribution in [0.4, 0.5) is 5.13 Å². The smallest absolute Gasteiger partial charge is 0.408 e. The first-order chi connectivity index (χ1) is 16.4. The van der Waals surface area contributed by atoms with E-state index in [9.17, 15) is 13.2 Å². The number of anilines is 1. The maximum atomic E-state index is 12.7. The van der Waals surface area contributed by atoms with E-state index in [0.717, 1.165) is 23.5 Å². The molecule has 2 atom stereocenters. The molecule has 2 unspecified atom stereocenters. The van der Waals surface area contributed by atoms with E-state index in [1.807, 2.05) is 12.1 Å². The van der Waals surface area contributed by atoms with Gasteiger partial charge in [-0.15, -0.1) is 0 Å². The van der Waals surface area contributed by atoms with Crippen molar-refractivity contribution in [3.8, 4) is 0 Å². The van der Waals surface area contributed by atoms with Crippen LogP contribution in [0.3, 0.4) is 0 Å². The molecule has 0 amide bonds. The molecule has 2 bridgehead atoms. The Morgan fingerprint density at radius 3 is 2.94 bits per heavy atom. The quantitative estimate of drug-likeness (QED) is 0.422. The average Bonchev–Trinajstić information content (AvgIpc) is 3.53. The summed E-state index contributed by atoms with van der Waals surface area (Å²) in [4.78, 5) is 16.5. The second-order valence-electron chi connectivity index (χ2n) is 8.58. The Kier molecular flexibility index (Phi) is 5.12. The fourth-order valence-corrected chi connectivity index (χ4v) is 6.42. The maximum Gasteiger partial charge on any atom is 0.420 e. The minimum absolute atomic E-state index is 0.0226. The number of fused-ring (bicyclic) bond motifs is 3. The number of oxazole rings is 1. The summed E-state index contributed by atoms with van der Waals surface area (Å²) in [5, 5.41) is 3.77. The van der Waals surface area contributed by atoms with Crippen molar-refractivity contribution < 1.29 is 12.8 Å². The van der Waals surface area contributed by atoms with Gasteiger partial charge in [-0.3, -0.25) is 9.29 Å². The van der Waals surface area contributed by atoms with Gasteiger partial charge in [0.1, 0.15) is 6.33 Å². The molecule has 1 fully saturated rings. The van der Waals surface area contributed by atoms with Crippen LogP contribution in [0.2, 0.25) is 0 Å². The van der Waals surface area contributed by atoms with Crippen LogP contribution in [0.5, 0.6) is 0 Å². The van der Waals surface area contributed by atoms with Gasteiger partial charge in [-0.25, -0.2) is 18.2 Å². The molecule has 34 heavy (non-hydrogen) atoms. The lowest BCUT2D eigenvalue weighted by molar-refractivity contribution is 0.517. The van der Waals surface area contributed by atoms with Gasteiger partial charge < -0.3 is 9.73 Å². The Morgan fingerprint density at radius 2 is 2.12 bits per heavy atom. The van der Waals surface area contributed by atoms with Gasteiger partial charge in [0.2, 0.25) is 5.13 Å². The van der Waals surface area contributed by atoms with Crippen molar-refractivity contribution in [1.82, 2.24) is 19.2 Å². The zero-order valence-electron chi connectivity index (χ0n) is 18.0. The fourth-order valence-electron chi connectivity index (χ4n) is 4.74. The third kappa shape index (κ3) is 3.95. The summed E-state index contributed by atoms with van der Waals surface area (Å²) in [6, 6.07) is 13.6. The summed E-state index contributed by atoms with van der Waals surface area (Å²) in [5.74, 6) is -0.536. The standard InChI is InChI=1S/C23H21N5O4S2/c29-23-28(12-14-2-1-3-15(8-14)16-9-17-4-5-18(10-16)26-17)20-7-6-19(11-21(20)32-23)34(30,31)27-22-24-13-25-33-22/h1-3,6-9,11,13,17-18,26H,4-5,10,12H2,(H,24,25,27). The van der Waals surface area contributed by atoms with Gasteiger partial charge in [0, 0.05) is 29.7 Å². The third-order valence-corrected chi connectivity index (χ3v) is 8.36. The van der Waals surface area contributed by atoms with Crippen molar-refractivity contribution in [2.75, 3.05) is 4.72 Å². The molecular formula is C23H21N5O4S2. The Labute approximate surface area is 199 Å². The van der Waals surface area contributed by atoms with E-state index in [2.05, 4.69) is 37.6 Å². The van der Waals surface area contributed by atoms with Crippen LogP contribution >= 0.6 is 11.5 Å². The van der Waals surface area contributed by atoms with Crippen LogP contribution in [0.1, 0.15) is 30.4 Å². The highest BCUT2D eigenvalue weighted by atomic mass is 32.2. The van der Waals surface area contributed by atoms with Crippen molar-refractivity contribution in [3.05, 3.63) is 76.5 Å². The van der Waals surface area contributed by atoms with Crippen LogP contribution in [-0.2, 0) is 16.6 Å². The molecule has 1 saturated heterocycles. The minimum Gasteiger partial charge on any atom is -0.408 e. The normalized spacial score (nSPS) is 19.9. The molecule has 0 saturated carbocycles. The third-order valence-electron chi connectivity index (χ3n) is 6.32. The number of hydrogen-bond donors (Lipinski definition) is 2. The van der Waals surface area contributed by atoms with Gasteiger partial charge in [0.25, 0.3) is 10.0 Å². The second kappa shape index (κ2) is 8.19. The zero-order valence-corrected chi connectivity index (χ0v) is 19.6. The van der Waals surface area contributed by atoms with Gasteiger partial charge >= 0.3 is 5.76 Å². The van der Waals surface area contributed by atoms with Gasteiger partial charge in [0.15, 0.2) is 5.58 Å². The zero-order chi connectivity index (χ0) is 23.3. The van der Waals surface area contributed by atoms with E-state index in [1.165, 1.54) is 47.0 Å². The summed E-state index contributed by atoms with van der Waals surface area (Å²) in [5.41, 5.74) is 4.23. The molecule has 0 spiro atoms. The molecule has 2 aromatic carbocycles. The van der Waals surface area contributed by atoms with Crippen molar-refractivity contribution >= 4 is 43.4 Å². The molecule has 2 N–H and O–H groups in total.